The molecule has 17 heavy (non-hydrogen) atoms. The predicted molar refractivity (Wildman–Crippen MR) is 61.2 cm³/mol. The number of hydrogen-bond donors (Lipinski definition) is 1. The van der Waals surface area contributed by atoms with E-state index in [1.807, 2.05) is 6.92 Å². The molecule has 3 nitrogen and oxygen atoms in total. The Morgan fingerprint density at radius 1 is 1.47 bits per heavy atom. The van der Waals surface area contributed by atoms with Crippen molar-refractivity contribution in [2.24, 2.45) is 0 Å². The summed E-state index contributed by atoms with van der Waals surface area (Å²) < 4.78 is 36.4. The molecule has 1 heterocycles. The van der Waals surface area contributed by atoms with Crippen molar-refractivity contribution in [2.45, 2.75) is 38.4 Å². The standard InChI is InChI=1S/C10H17F3N2O.ClH/c1-2-5-15(8-3-4-14-7-8)9(16)6-10(11,12)13;/h8,14H,2-7H2,1H3;1H. The smallest absolute Gasteiger partial charge is 0.338 e. The highest BCUT2D eigenvalue weighted by atomic mass is 35.5. The maximum absolute atomic E-state index is 12.1. The number of nitrogens with one attached hydrogen (secondary N) is 1. The van der Waals surface area contributed by atoms with Gasteiger partial charge >= 0.3 is 6.18 Å². The Kier molecular flexibility index (Phi) is 6.85. The van der Waals surface area contributed by atoms with Gasteiger partial charge in [0.1, 0.15) is 6.42 Å². The maximum atomic E-state index is 12.1. The van der Waals surface area contributed by atoms with Crippen molar-refractivity contribution in [3.05, 3.63) is 0 Å². The van der Waals surface area contributed by atoms with Crippen LogP contribution in [0.15, 0.2) is 0 Å². The second-order valence-electron chi connectivity index (χ2n) is 4.03. The molecule has 1 rings (SSSR count). The van der Waals surface area contributed by atoms with Crippen LogP contribution in [0.4, 0.5) is 13.2 Å². The molecule has 0 aromatic carbocycles. The van der Waals surface area contributed by atoms with E-state index in [1.54, 1.807) is 0 Å². The van der Waals surface area contributed by atoms with Gasteiger partial charge in [-0.05, 0) is 19.4 Å². The maximum Gasteiger partial charge on any atom is 0.397 e. The minimum atomic E-state index is -4.41. The molecule has 0 radical (unpaired) electrons. The summed E-state index contributed by atoms with van der Waals surface area (Å²) in [6, 6.07) is -0.0743. The molecule has 1 amide bonds. The number of alkyl halides is 3. The molecule has 7 heteroatoms. The van der Waals surface area contributed by atoms with Crippen LogP contribution in [-0.2, 0) is 4.79 Å². The zero-order chi connectivity index (χ0) is 12.2. The van der Waals surface area contributed by atoms with Crippen LogP contribution in [0.3, 0.4) is 0 Å². The first-order valence-electron chi connectivity index (χ1n) is 5.51. The molecule has 0 bridgehead atoms. The largest absolute Gasteiger partial charge is 0.397 e. The van der Waals surface area contributed by atoms with Crippen molar-refractivity contribution in [3.8, 4) is 0 Å². The summed E-state index contributed by atoms with van der Waals surface area (Å²) in [6.07, 6.45) is -4.33. The quantitative estimate of drug-likeness (QED) is 0.850. The molecule has 0 spiro atoms. The molecule has 1 N–H and O–H groups in total. The van der Waals surface area contributed by atoms with Crippen LogP contribution in [0.5, 0.6) is 0 Å². The summed E-state index contributed by atoms with van der Waals surface area (Å²) in [4.78, 5) is 12.9. The number of hydrogen-bond acceptors (Lipinski definition) is 2. The number of amides is 1. The number of nitrogens with zero attached hydrogens (tertiary/aromatic N) is 1. The molecule has 1 aliphatic heterocycles. The predicted octanol–water partition coefficient (Wildman–Crippen LogP) is 1.96. The fraction of sp³-hybridized carbons (Fsp3) is 0.900. The third-order valence-electron chi connectivity index (χ3n) is 2.61. The fourth-order valence-electron chi connectivity index (χ4n) is 1.93. The van der Waals surface area contributed by atoms with Crippen LogP contribution in [0.1, 0.15) is 26.2 Å². The van der Waals surface area contributed by atoms with Gasteiger partial charge in [-0.15, -0.1) is 12.4 Å². The topological polar surface area (TPSA) is 32.3 Å². The summed E-state index contributed by atoms with van der Waals surface area (Å²) in [5, 5.41) is 3.05. The average Bonchev–Trinajstić information content (AvgIpc) is 2.63. The molecule has 1 aliphatic rings. The molecule has 0 aromatic rings. The van der Waals surface area contributed by atoms with Crippen molar-refractivity contribution < 1.29 is 18.0 Å². The average molecular weight is 275 g/mol. The van der Waals surface area contributed by atoms with Gasteiger partial charge in [0, 0.05) is 19.1 Å². The Labute approximate surface area is 105 Å². The van der Waals surface area contributed by atoms with E-state index in [1.165, 1.54) is 4.90 Å². The first-order chi connectivity index (χ1) is 7.44. The van der Waals surface area contributed by atoms with Crippen molar-refractivity contribution >= 4 is 18.3 Å². The van der Waals surface area contributed by atoms with Gasteiger partial charge in [0.25, 0.3) is 0 Å². The molecule has 1 atom stereocenters. The lowest BCUT2D eigenvalue weighted by atomic mass is 10.2. The Balaban J connectivity index is 0.00000256. The molecular formula is C10H18ClF3N2O. The summed E-state index contributed by atoms with van der Waals surface area (Å²) in [7, 11) is 0. The summed E-state index contributed by atoms with van der Waals surface area (Å²) in [5.74, 6) is -0.803. The third kappa shape index (κ3) is 5.59. The van der Waals surface area contributed by atoms with Crippen LogP contribution in [0.25, 0.3) is 0 Å². The monoisotopic (exact) mass is 274 g/mol. The lowest BCUT2D eigenvalue weighted by molar-refractivity contribution is -0.162. The molecule has 0 aliphatic carbocycles. The van der Waals surface area contributed by atoms with Gasteiger partial charge in [-0.1, -0.05) is 6.92 Å². The van der Waals surface area contributed by atoms with E-state index in [9.17, 15) is 18.0 Å². The van der Waals surface area contributed by atoms with Gasteiger partial charge in [-0.3, -0.25) is 4.79 Å². The van der Waals surface area contributed by atoms with Crippen molar-refractivity contribution in [3.63, 3.8) is 0 Å². The molecule has 0 aromatic heterocycles. The molecule has 0 saturated carbocycles. The van der Waals surface area contributed by atoms with E-state index in [-0.39, 0.29) is 18.4 Å². The lowest BCUT2D eigenvalue weighted by Gasteiger charge is -2.28. The van der Waals surface area contributed by atoms with E-state index in [0.29, 0.717) is 19.5 Å². The molecule has 1 fully saturated rings. The summed E-state index contributed by atoms with van der Waals surface area (Å²) in [5.41, 5.74) is 0. The highest BCUT2D eigenvalue weighted by Gasteiger charge is 2.35. The van der Waals surface area contributed by atoms with Gasteiger partial charge in [-0.2, -0.15) is 13.2 Å². The first kappa shape index (κ1) is 16.5. The van der Waals surface area contributed by atoms with Crippen LogP contribution in [-0.4, -0.2) is 42.7 Å². The van der Waals surface area contributed by atoms with E-state index < -0.39 is 18.5 Å². The number of rotatable bonds is 4. The van der Waals surface area contributed by atoms with E-state index in [4.69, 9.17) is 0 Å². The summed E-state index contributed by atoms with van der Waals surface area (Å²) in [6.45, 7) is 3.63. The number of halogens is 4. The highest BCUT2D eigenvalue weighted by molar-refractivity contribution is 5.85. The normalized spacial score (nSPS) is 19.9. The van der Waals surface area contributed by atoms with Gasteiger partial charge in [0.2, 0.25) is 5.91 Å². The van der Waals surface area contributed by atoms with Crippen LogP contribution < -0.4 is 5.32 Å². The molecule has 102 valence electrons. The Morgan fingerprint density at radius 3 is 2.53 bits per heavy atom. The fourth-order valence-corrected chi connectivity index (χ4v) is 1.93. The first-order valence-corrected chi connectivity index (χ1v) is 5.51. The van der Waals surface area contributed by atoms with Crippen molar-refractivity contribution in [1.29, 1.82) is 0 Å². The van der Waals surface area contributed by atoms with Gasteiger partial charge in [0.15, 0.2) is 0 Å². The van der Waals surface area contributed by atoms with E-state index in [0.717, 1.165) is 13.0 Å². The Hall–Kier alpha value is -0.490. The van der Waals surface area contributed by atoms with Crippen LogP contribution in [0, 0.1) is 0 Å². The second-order valence-corrected chi connectivity index (χ2v) is 4.03. The lowest BCUT2D eigenvalue weighted by Crippen LogP contribution is -2.43. The van der Waals surface area contributed by atoms with Gasteiger partial charge in [0.05, 0.1) is 0 Å². The van der Waals surface area contributed by atoms with E-state index in [2.05, 4.69) is 5.32 Å². The van der Waals surface area contributed by atoms with Crippen molar-refractivity contribution in [2.75, 3.05) is 19.6 Å². The zero-order valence-electron chi connectivity index (χ0n) is 9.72. The van der Waals surface area contributed by atoms with Crippen LogP contribution in [0.2, 0.25) is 0 Å². The SMILES string of the molecule is CCCN(C(=O)CC(F)(F)F)C1CCNC1.Cl. The Morgan fingerprint density at radius 2 is 2.12 bits per heavy atom. The third-order valence-corrected chi connectivity index (χ3v) is 2.61. The number of carbonyl (C=O) groups is 1. The molecular weight excluding hydrogens is 257 g/mol. The van der Waals surface area contributed by atoms with Gasteiger partial charge < -0.3 is 10.2 Å². The second kappa shape index (κ2) is 7.06. The number of carbonyl (C=O) groups excluding carboxylic acids is 1. The van der Waals surface area contributed by atoms with E-state index >= 15 is 0 Å². The minimum Gasteiger partial charge on any atom is -0.338 e. The Bertz CT molecular complexity index is 242. The molecule has 1 unspecified atom stereocenters. The zero-order valence-corrected chi connectivity index (χ0v) is 10.5. The van der Waals surface area contributed by atoms with Gasteiger partial charge in [-0.25, -0.2) is 0 Å². The summed E-state index contributed by atoms with van der Waals surface area (Å²) >= 11 is 0. The minimum absolute atomic E-state index is 0. The highest BCUT2D eigenvalue weighted by Crippen LogP contribution is 2.22. The van der Waals surface area contributed by atoms with Crippen LogP contribution >= 0.6 is 12.4 Å². The molecule has 1 saturated heterocycles. The van der Waals surface area contributed by atoms with Crippen molar-refractivity contribution in [1.82, 2.24) is 10.2 Å².